The van der Waals surface area contributed by atoms with Crippen molar-refractivity contribution in [2.24, 2.45) is 32.5 Å². The van der Waals surface area contributed by atoms with Gasteiger partial charge >= 0.3 is 0 Å². The quantitative estimate of drug-likeness (QED) is 0.363. The molecule has 7 nitrogen and oxygen atoms in total. The van der Waals surface area contributed by atoms with Gasteiger partial charge in [-0.25, -0.2) is 0 Å². The van der Waals surface area contributed by atoms with Crippen molar-refractivity contribution in [3.05, 3.63) is 72.1 Å². The van der Waals surface area contributed by atoms with Gasteiger partial charge < -0.3 is 17.2 Å². The zero-order chi connectivity index (χ0) is 17.4. The molecule has 0 saturated carbocycles. The van der Waals surface area contributed by atoms with Crippen molar-refractivity contribution in [3.63, 3.8) is 0 Å². The first kappa shape index (κ1) is 16.8. The van der Waals surface area contributed by atoms with Crippen molar-refractivity contribution in [2.75, 3.05) is 0 Å². The molecule has 0 aliphatic heterocycles. The maximum absolute atomic E-state index is 5.37. The molecule has 0 fully saturated rings. The normalized spacial score (nSPS) is 10.8. The van der Waals surface area contributed by atoms with E-state index in [-0.39, 0.29) is 5.96 Å². The maximum Gasteiger partial charge on any atom is 0.211 e. The Morgan fingerprint density at radius 2 is 1.33 bits per heavy atom. The van der Waals surface area contributed by atoms with Crippen molar-refractivity contribution >= 4 is 18.4 Å². The number of guanidine groups is 1. The molecule has 0 heterocycles. The first-order valence-electron chi connectivity index (χ1n) is 7.10. The largest absolute Gasteiger partial charge is 0.385 e. The Balaban J connectivity index is 2.06. The van der Waals surface area contributed by atoms with Crippen molar-refractivity contribution in [2.45, 2.75) is 0 Å². The zero-order valence-electron chi connectivity index (χ0n) is 13.1. The van der Waals surface area contributed by atoms with Crippen molar-refractivity contribution in [1.29, 1.82) is 0 Å². The lowest BCUT2D eigenvalue weighted by Crippen LogP contribution is -2.21. The van der Waals surface area contributed by atoms with Crippen LogP contribution in [0.15, 0.2) is 76.2 Å². The van der Waals surface area contributed by atoms with Crippen LogP contribution < -0.4 is 22.6 Å². The highest BCUT2D eigenvalue weighted by Crippen LogP contribution is 2.19. The molecule has 24 heavy (non-hydrogen) atoms. The fourth-order valence-electron chi connectivity index (χ4n) is 1.88. The fraction of sp³-hybridized carbons (Fsp3) is 0. The minimum atomic E-state index is -0.0718. The highest BCUT2D eigenvalue weighted by Gasteiger charge is 1.98. The lowest BCUT2D eigenvalue weighted by Gasteiger charge is -2.03. The van der Waals surface area contributed by atoms with E-state index in [0.717, 1.165) is 22.3 Å². The van der Waals surface area contributed by atoms with E-state index in [2.05, 4.69) is 27.3 Å². The predicted molar refractivity (Wildman–Crippen MR) is 99.3 cm³/mol. The summed E-state index contributed by atoms with van der Waals surface area (Å²) in [5.41, 5.74) is 22.4. The van der Waals surface area contributed by atoms with Gasteiger partial charge in [-0.3, -0.25) is 5.43 Å². The minimum Gasteiger partial charge on any atom is -0.385 e. The van der Waals surface area contributed by atoms with E-state index in [9.17, 15) is 0 Å². The summed E-state index contributed by atoms with van der Waals surface area (Å²) < 4.78 is 0. The standard InChI is InChI=1S/C17H19N7/c1-12(18)23-21-10-13-2-6-15(7-3-13)16-8-4-14(5-9-16)11-22-24-17(19)20/h2-11,23H,1,18H2,(H4,19,20,24)/b21-10+,22-11+. The molecule has 0 aliphatic carbocycles. The van der Waals surface area contributed by atoms with Crippen LogP contribution in [0.25, 0.3) is 11.1 Å². The minimum absolute atomic E-state index is 0.0718. The Hall–Kier alpha value is -3.61. The number of benzene rings is 2. The molecule has 0 bridgehead atoms. The monoisotopic (exact) mass is 321 g/mol. The number of hydrazone groups is 1. The number of nitrogens with zero attached hydrogens (tertiary/aromatic N) is 3. The average Bonchev–Trinajstić information content (AvgIpc) is 2.56. The second-order valence-electron chi connectivity index (χ2n) is 4.91. The van der Waals surface area contributed by atoms with Gasteiger partial charge in [-0.15, -0.1) is 5.10 Å². The lowest BCUT2D eigenvalue weighted by molar-refractivity contribution is 0.882. The molecule has 2 aromatic rings. The van der Waals surface area contributed by atoms with E-state index >= 15 is 0 Å². The molecule has 0 spiro atoms. The van der Waals surface area contributed by atoms with Gasteiger partial charge in [0.05, 0.1) is 12.4 Å². The summed E-state index contributed by atoms with van der Waals surface area (Å²) in [7, 11) is 0. The number of rotatable bonds is 6. The fourth-order valence-corrected chi connectivity index (χ4v) is 1.88. The zero-order valence-corrected chi connectivity index (χ0v) is 13.1. The van der Waals surface area contributed by atoms with Crippen LogP contribution in [0.2, 0.25) is 0 Å². The smallest absolute Gasteiger partial charge is 0.211 e. The molecule has 0 amide bonds. The summed E-state index contributed by atoms with van der Waals surface area (Å²) in [5.74, 6) is 0.226. The Labute approximate surface area is 140 Å². The van der Waals surface area contributed by atoms with E-state index < -0.39 is 0 Å². The van der Waals surface area contributed by atoms with Gasteiger partial charge in [0.2, 0.25) is 5.96 Å². The summed E-state index contributed by atoms with van der Waals surface area (Å²) in [5, 5.41) is 11.3. The van der Waals surface area contributed by atoms with Crippen LogP contribution in [0.5, 0.6) is 0 Å². The summed E-state index contributed by atoms with van der Waals surface area (Å²) in [6.45, 7) is 3.50. The maximum atomic E-state index is 5.37. The van der Waals surface area contributed by atoms with Crippen LogP contribution in [0.4, 0.5) is 0 Å². The Morgan fingerprint density at radius 3 is 1.79 bits per heavy atom. The van der Waals surface area contributed by atoms with Gasteiger partial charge in [0.1, 0.15) is 5.82 Å². The SMILES string of the molecule is C=C(N)N/N=C/c1ccc(-c2ccc(/C=N/N=C(N)N)cc2)cc1. The number of nitrogens with one attached hydrogen (secondary N) is 1. The van der Waals surface area contributed by atoms with Gasteiger partial charge in [-0.05, 0) is 22.3 Å². The van der Waals surface area contributed by atoms with Gasteiger partial charge in [-0.1, -0.05) is 55.1 Å². The molecule has 0 radical (unpaired) electrons. The third-order valence-electron chi connectivity index (χ3n) is 2.96. The molecule has 7 heteroatoms. The molecule has 2 rings (SSSR count). The number of nitrogens with two attached hydrogens (primary N) is 3. The van der Waals surface area contributed by atoms with Crippen LogP contribution in [0.3, 0.4) is 0 Å². The summed E-state index contributed by atoms with van der Waals surface area (Å²) in [6, 6.07) is 15.8. The predicted octanol–water partition coefficient (Wildman–Crippen LogP) is 1.31. The third kappa shape index (κ3) is 5.30. The van der Waals surface area contributed by atoms with Gasteiger partial charge in [-0.2, -0.15) is 10.2 Å². The highest BCUT2D eigenvalue weighted by molar-refractivity contribution is 5.83. The Kier molecular flexibility index (Phi) is 5.68. The van der Waals surface area contributed by atoms with Crippen LogP contribution in [0.1, 0.15) is 11.1 Å². The molecular formula is C17H19N7. The second kappa shape index (κ2) is 8.14. The van der Waals surface area contributed by atoms with Crippen LogP contribution in [-0.2, 0) is 0 Å². The second-order valence-corrected chi connectivity index (χ2v) is 4.91. The summed E-state index contributed by atoms with van der Waals surface area (Å²) >= 11 is 0. The Bertz CT molecular complexity index is 768. The molecule has 2 aromatic carbocycles. The Morgan fingerprint density at radius 1 is 0.833 bits per heavy atom. The molecular weight excluding hydrogens is 302 g/mol. The van der Waals surface area contributed by atoms with Crippen LogP contribution >= 0.6 is 0 Å². The molecule has 0 aromatic heterocycles. The number of hydrogen-bond donors (Lipinski definition) is 4. The van der Waals surface area contributed by atoms with E-state index in [1.807, 2.05) is 48.5 Å². The molecule has 122 valence electrons. The third-order valence-corrected chi connectivity index (χ3v) is 2.96. The molecule has 0 saturated heterocycles. The molecule has 7 N–H and O–H groups in total. The lowest BCUT2D eigenvalue weighted by atomic mass is 10.0. The molecule has 0 unspecified atom stereocenters. The van der Waals surface area contributed by atoms with Crippen molar-refractivity contribution in [3.8, 4) is 11.1 Å². The van der Waals surface area contributed by atoms with E-state index in [0.29, 0.717) is 5.82 Å². The van der Waals surface area contributed by atoms with Gasteiger partial charge in [0.15, 0.2) is 0 Å². The van der Waals surface area contributed by atoms with E-state index in [1.165, 1.54) is 0 Å². The van der Waals surface area contributed by atoms with Crippen LogP contribution in [-0.4, -0.2) is 18.4 Å². The van der Waals surface area contributed by atoms with Crippen molar-refractivity contribution in [1.82, 2.24) is 5.43 Å². The van der Waals surface area contributed by atoms with E-state index in [1.54, 1.807) is 12.4 Å². The number of hydrogen-bond acceptors (Lipinski definition) is 5. The summed E-state index contributed by atoms with van der Waals surface area (Å²) in [6.07, 6.45) is 3.26. The average molecular weight is 321 g/mol. The summed E-state index contributed by atoms with van der Waals surface area (Å²) in [4.78, 5) is 0. The highest BCUT2D eigenvalue weighted by atomic mass is 15.3. The van der Waals surface area contributed by atoms with Gasteiger partial charge in [0, 0.05) is 0 Å². The molecule has 0 atom stereocenters. The van der Waals surface area contributed by atoms with Crippen molar-refractivity contribution < 1.29 is 0 Å². The molecule has 0 aliphatic rings. The van der Waals surface area contributed by atoms with Crippen LogP contribution in [0, 0.1) is 0 Å². The topological polar surface area (TPSA) is 127 Å². The van der Waals surface area contributed by atoms with E-state index in [4.69, 9.17) is 17.2 Å². The van der Waals surface area contributed by atoms with Gasteiger partial charge in [0.25, 0.3) is 0 Å². The first-order valence-corrected chi connectivity index (χ1v) is 7.10. The first-order chi connectivity index (χ1) is 11.5.